The Balaban J connectivity index is 2.07. The van der Waals surface area contributed by atoms with E-state index in [-0.39, 0.29) is 0 Å². The Kier molecular flexibility index (Phi) is 6.86. The lowest BCUT2D eigenvalue weighted by molar-refractivity contribution is 0.0351. The van der Waals surface area contributed by atoms with Gasteiger partial charge in [-0.05, 0) is 18.5 Å². The molecular formula is C14H23NO2. The molecule has 1 aromatic rings. The van der Waals surface area contributed by atoms with E-state index in [0.29, 0.717) is 19.3 Å². The van der Waals surface area contributed by atoms with E-state index in [1.165, 1.54) is 0 Å². The van der Waals surface area contributed by atoms with Crippen LogP contribution in [0.25, 0.3) is 0 Å². The predicted molar refractivity (Wildman–Crippen MR) is 70.0 cm³/mol. The number of aliphatic hydroxyl groups is 1. The average molecular weight is 237 g/mol. The fourth-order valence-electron chi connectivity index (χ4n) is 1.53. The molecule has 2 N–H and O–H groups in total. The van der Waals surface area contributed by atoms with Crippen LogP contribution in [-0.2, 0) is 4.74 Å². The van der Waals surface area contributed by atoms with Crippen molar-refractivity contribution in [2.24, 2.45) is 0 Å². The van der Waals surface area contributed by atoms with Gasteiger partial charge < -0.3 is 15.2 Å². The molecule has 17 heavy (non-hydrogen) atoms. The predicted octanol–water partition coefficient (Wildman–Crippen LogP) is 2.12. The highest BCUT2D eigenvalue weighted by atomic mass is 16.5. The van der Waals surface area contributed by atoms with E-state index in [1.807, 2.05) is 30.3 Å². The first kappa shape index (κ1) is 14.2. The topological polar surface area (TPSA) is 41.5 Å². The number of rotatable bonds is 8. The van der Waals surface area contributed by atoms with Crippen molar-refractivity contribution in [3.63, 3.8) is 0 Å². The third-order valence-corrected chi connectivity index (χ3v) is 2.48. The smallest absolute Gasteiger partial charge is 0.102 e. The number of ether oxygens (including phenoxy) is 1. The van der Waals surface area contributed by atoms with Gasteiger partial charge in [-0.2, -0.15) is 0 Å². The number of aliphatic hydroxyl groups excluding tert-OH is 1. The normalized spacial score (nSPS) is 12.9. The molecule has 0 aliphatic carbocycles. The highest BCUT2D eigenvalue weighted by Gasteiger charge is 2.06. The molecule has 0 fully saturated rings. The summed E-state index contributed by atoms with van der Waals surface area (Å²) in [4.78, 5) is 0. The molecule has 0 amide bonds. The number of benzene rings is 1. The molecule has 0 radical (unpaired) electrons. The first-order valence-corrected chi connectivity index (χ1v) is 6.24. The molecule has 0 heterocycles. The maximum absolute atomic E-state index is 9.82. The van der Waals surface area contributed by atoms with Crippen LogP contribution in [0.1, 0.15) is 31.9 Å². The SMILES string of the molecule is CC(C)NCCCOCC(O)c1ccccc1. The molecule has 0 saturated heterocycles. The summed E-state index contributed by atoms with van der Waals surface area (Å²) in [6.45, 7) is 6.26. The van der Waals surface area contributed by atoms with Crippen LogP contribution in [0.3, 0.4) is 0 Å². The van der Waals surface area contributed by atoms with Crippen molar-refractivity contribution in [2.75, 3.05) is 19.8 Å². The molecule has 0 aromatic heterocycles. The molecule has 0 spiro atoms. The molecule has 1 atom stereocenters. The molecular weight excluding hydrogens is 214 g/mol. The van der Waals surface area contributed by atoms with Crippen LogP contribution < -0.4 is 5.32 Å². The number of hydrogen-bond donors (Lipinski definition) is 2. The monoisotopic (exact) mass is 237 g/mol. The van der Waals surface area contributed by atoms with Gasteiger partial charge in [0.25, 0.3) is 0 Å². The van der Waals surface area contributed by atoms with Crippen LogP contribution in [0.2, 0.25) is 0 Å². The van der Waals surface area contributed by atoms with E-state index in [9.17, 15) is 5.11 Å². The van der Waals surface area contributed by atoms with Gasteiger partial charge in [0, 0.05) is 12.6 Å². The van der Waals surface area contributed by atoms with Crippen molar-refractivity contribution in [2.45, 2.75) is 32.4 Å². The minimum absolute atomic E-state index is 0.367. The van der Waals surface area contributed by atoms with E-state index in [2.05, 4.69) is 19.2 Å². The molecule has 3 nitrogen and oxygen atoms in total. The van der Waals surface area contributed by atoms with Gasteiger partial charge in [-0.1, -0.05) is 44.2 Å². The first-order valence-electron chi connectivity index (χ1n) is 6.24. The summed E-state index contributed by atoms with van der Waals surface area (Å²) in [5, 5.41) is 13.1. The van der Waals surface area contributed by atoms with Crippen molar-refractivity contribution in [1.82, 2.24) is 5.32 Å². The quantitative estimate of drug-likeness (QED) is 0.681. The summed E-state index contributed by atoms with van der Waals surface area (Å²) in [6.07, 6.45) is 0.453. The van der Waals surface area contributed by atoms with E-state index in [4.69, 9.17) is 4.74 Å². The van der Waals surface area contributed by atoms with E-state index in [0.717, 1.165) is 18.5 Å². The van der Waals surface area contributed by atoms with Crippen molar-refractivity contribution in [3.8, 4) is 0 Å². The maximum atomic E-state index is 9.82. The fraction of sp³-hybridized carbons (Fsp3) is 0.571. The van der Waals surface area contributed by atoms with Gasteiger partial charge in [0.1, 0.15) is 6.10 Å². The molecule has 1 unspecified atom stereocenters. The van der Waals surface area contributed by atoms with Crippen LogP contribution in [-0.4, -0.2) is 30.9 Å². The molecule has 0 bridgehead atoms. The Hall–Kier alpha value is -0.900. The van der Waals surface area contributed by atoms with Gasteiger partial charge in [-0.25, -0.2) is 0 Å². The van der Waals surface area contributed by atoms with Gasteiger partial charge in [0.15, 0.2) is 0 Å². The molecule has 1 rings (SSSR count). The summed E-state index contributed by atoms with van der Waals surface area (Å²) in [5.74, 6) is 0. The lowest BCUT2D eigenvalue weighted by Crippen LogP contribution is -2.24. The third kappa shape index (κ3) is 6.41. The van der Waals surface area contributed by atoms with Crippen molar-refractivity contribution in [1.29, 1.82) is 0 Å². The highest BCUT2D eigenvalue weighted by Crippen LogP contribution is 2.11. The number of hydrogen-bond acceptors (Lipinski definition) is 3. The zero-order valence-corrected chi connectivity index (χ0v) is 10.7. The third-order valence-electron chi connectivity index (χ3n) is 2.48. The van der Waals surface area contributed by atoms with Crippen LogP contribution in [0.5, 0.6) is 0 Å². The van der Waals surface area contributed by atoms with Crippen molar-refractivity contribution >= 4 is 0 Å². The van der Waals surface area contributed by atoms with Crippen LogP contribution >= 0.6 is 0 Å². The van der Waals surface area contributed by atoms with Gasteiger partial charge in [0.05, 0.1) is 6.61 Å². The van der Waals surface area contributed by atoms with Gasteiger partial charge in [-0.15, -0.1) is 0 Å². The Morgan fingerprint density at radius 2 is 1.94 bits per heavy atom. The van der Waals surface area contributed by atoms with E-state index < -0.39 is 6.10 Å². The second kappa shape index (κ2) is 8.23. The van der Waals surface area contributed by atoms with Crippen molar-refractivity contribution < 1.29 is 9.84 Å². The Bertz CT molecular complexity index is 288. The second-order valence-electron chi connectivity index (χ2n) is 4.46. The Labute approximate surface area is 104 Å². The molecule has 0 aliphatic rings. The van der Waals surface area contributed by atoms with Gasteiger partial charge >= 0.3 is 0 Å². The first-order chi connectivity index (χ1) is 8.20. The second-order valence-corrected chi connectivity index (χ2v) is 4.46. The summed E-state index contributed by atoms with van der Waals surface area (Å²) in [7, 11) is 0. The Morgan fingerprint density at radius 1 is 1.24 bits per heavy atom. The zero-order valence-electron chi connectivity index (χ0n) is 10.7. The fourth-order valence-corrected chi connectivity index (χ4v) is 1.53. The summed E-state index contributed by atoms with van der Waals surface area (Å²) >= 11 is 0. The molecule has 1 aromatic carbocycles. The number of nitrogens with one attached hydrogen (secondary N) is 1. The summed E-state index contributed by atoms with van der Waals surface area (Å²) in [5.41, 5.74) is 0.910. The standard InChI is InChI=1S/C14H23NO2/c1-12(2)15-9-6-10-17-11-14(16)13-7-4-3-5-8-13/h3-5,7-8,12,14-16H,6,9-11H2,1-2H3. The van der Waals surface area contributed by atoms with Crippen LogP contribution in [0.15, 0.2) is 30.3 Å². The van der Waals surface area contributed by atoms with Crippen LogP contribution in [0, 0.1) is 0 Å². The van der Waals surface area contributed by atoms with Crippen LogP contribution in [0.4, 0.5) is 0 Å². The van der Waals surface area contributed by atoms with E-state index in [1.54, 1.807) is 0 Å². The largest absolute Gasteiger partial charge is 0.386 e. The zero-order chi connectivity index (χ0) is 12.5. The minimum atomic E-state index is -0.519. The summed E-state index contributed by atoms with van der Waals surface area (Å²) < 4.78 is 5.44. The molecule has 0 aliphatic heterocycles. The van der Waals surface area contributed by atoms with Gasteiger partial charge in [-0.3, -0.25) is 0 Å². The van der Waals surface area contributed by atoms with Crippen molar-refractivity contribution in [3.05, 3.63) is 35.9 Å². The van der Waals surface area contributed by atoms with E-state index >= 15 is 0 Å². The molecule has 3 heteroatoms. The Morgan fingerprint density at radius 3 is 2.59 bits per heavy atom. The maximum Gasteiger partial charge on any atom is 0.102 e. The van der Waals surface area contributed by atoms with Gasteiger partial charge in [0.2, 0.25) is 0 Å². The molecule has 96 valence electrons. The summed E-state index contributed by atoms with van der Waals surface area (Å²) in [6, 6.07) is 10.1. The lowest BCUT2D eigenvalue weighted by Gasteiger charge is -2.12. The molecule has 0 saturated carbocycles. The highest BCUT2D eigenvalue weighted by molar-refractivity contribution is 5.17. The lowest BCUT2D eigenvalue weighted by atomic mass is 10.1. The average Bonchev–Trinajstić information content (AvgIpc) is 2.34. The minimum Gasteiger partial charge on any atom is -0.386 e.